The third kappa shape index (κ3) is 2.89. The Hall–Kier alpha value is -1.43. The molecule has 22 heavy (non-hydrogen) atoms. The number of benzene rings is 1. The second-order valence-electron chi connectivity index (χ2n) is 6.37. The molecular weight excluding hydrogens is 282 g/mol. The van der Waals surface area contributed by atoms with Gasteiger partial charge in [0.25, 0.3) is 0 Å². The Kier molecular flexibility index (Phi) is 4.47. The van der Waals surface area contributed by atoms with Crippen LogP contribution in [0.15, 0.2) is 30.3 Å². The number of rotatable bonds is 4. The first-order valence-corrected chi connectivity index (χ1v) is 7.86. The SMILES string of the molecule is CN1[C@H]2C[C@H](OC(=O)[C@@H](CO)c3ccccc3)C[C@@H]1[C@H](O)C2. The maximum Gasteiger partial charge on any atom is 0.316 e. The van der Waals surface area contributed by atoms with Gasteiger partial charge in [-0.15, -0.1) is 0 Å². The molecule has 0 aromatic heterocycles. The van der Waals surface area contributed by atoms with Crippen molar-refractivity contribution in [2.24, 2.45) is 0 Å². The summed E-state index contributed by atoms with van der Waals surface area (Å²) in [6.45, 7) is -0.259. The molecule has 2 bridgehead atoms. The Bertz CT molecular complexity index is 521. The van der Waals surface area contributed by atoms with Gasteiger partial charge in [0.2, 0.25) is 0 Å². The normalized spacial score (nSPS) is 32.7. The molecule has 1 aromatic carbocycles. The van der Waals surface area contributed by atoms with Gasteiger partial charge in [0.15, 0.2) is 0 Å². The monoisotopic (exact) mass is 305 g/mol. The highest BCUT2D eigenvalue weighted by Gasteiger charge is 2.45. The molecule has 1 aromatic rings. The summed E-state index contributed by atoms with van der Waals surface area (Å²) >= 11 is 0. The molecule has 0 amide bonds. The average molecular weight is 305 g/mol. The van der Waals surface area contributed by atoms with Crippen molar-refractivity contribution in [1.82, 2.24) is 4.90 Å². The number of nitrogens with zero attached hydrogens (tertiary/aromatic N) is 1. The van der Waals surface area contributed by atoms with Gasteiger partial charge in [0.05, 0.1) is 12.7 Å². The van der Waals surface area contributed by atoms with E-state index in [0.29, 0.717) is 6.42 Å². The minimum Gasteiger partial charge on any atom is -0.462 e. The van der Waals surface area contributed by atoms with Crippen LogP contribution < -0.4 is 0 Å². The summed E-state index contributed by atoms with van der Waals surface area (Å²) in [6.07, 6.45) is 1.66. The van der Waals surface area contributed by atoms with E-state index in [2.05, 4.69) is 4.90 Å². The van der Waals surface area contributed by atoms with Gasteiger partial charge in [0.1, 0.15) is 12.0 Å². The van der Waals surface area contributed by atoms with Crippen molar-refractivity contribution in [3.05, 3.63) is 35.9 Å². The quantitative estimate of drug-likeness (QED) is 0.809. The molecule has 3 rings (SSSR count). The highest BCUT2D eigenvalue weighted by atomic mass is 16.5. The number of piperidine rings is 1. The molecule has 2 N–H and O–H groups in total. The highest BCUT2D eigenvalue weighted by Crippen LogP contribution is 2.36. The van der Waals surface area contributed by atoms with E-state index in [1.807, 2.05) is 37.4 Å². The van der Waals surface area contributed by atoms with Gasteiger partial charge in [-0.3, -0.25) is 9.69 Å². The average Bonchev–Trinajstić information content (AvgIpc) is 2.68. The topological polar surface area (TPSA) is 70.0 Å². The molecule has 0 radical (unpaired) electrons. The third-order valence-corrected chi connectivity index (χ3v) is 5.05. The molecule has 0 saturated carbocycles. The first-order valence-electron chi connectivity index (χ1n) is 7.86. The van der Waals surface area contributed by atoms with Crippen LogP contribution in [0.1, 0.15) is 30.7 Å². The standard InChI is InChI=1S/C17H23NO4/c1-18-12-7-13(9-15(18)16(20)8-12)22-17(21)14(10-19)11-5-3-2-4-6-11/h2-6,12-16,19-20H,7-10H2,1H3/t12-,13-,14-,15+,16+/m0/s1. The second kappa shape index (κ2) is 6.36. The van der Waals surface area contributed by atoms with E-state index < -0.39 is 5.92 Å². The number of fused-ring (bicyclic) bond motifs is 2. The molecule has 2 aliphatic heterocycles. The van der Waals surface area contributed by atoms with Crippen LogP contribution in [0.2, 0.25) is 0 Å². The zero-order valence-electron chi connectivity index (χ0n) is 12.8. The first kappa shape index (κ1) is 15.5. The minimum atomic E-state index is -0.636. The van der Waals surface area contributed by atoms with Crippen LogP contribution in [-0.2, 0) is 9.53 Å². The predicted molar refractivity (Wildman–Crippen MR) is 81.3 cm³/mol. The van der Waals surface area contributed by atoms with Crippen LogP contribution in [0.5, 0.6) is 0 Å². The van der Waals surface area contributed by atoms with Gasteiger partial charge in [0, 0.05) is 24.9 Å². The molecule has 0 aliphatic carbocycles. The lowest BCUT2D eigenvalue weighted by Crippen LogP contribution is -2.45. The molecule has 0 spiro atoms. The van der Waals surface area contributed by atoms with Crippen LogP contribution in [0, 0.1) is 0 Å². The third-order valence-electron chi connectivity index (χ3n) is 5.05. The number of hydrogen-bond acceptors (Lipinski definition) is 5. The lowest BCUT2D eigenvalue weighted by Gasteiger charge is -2.36. The summed E-state index contributed by atoms with van der Waals surface area (Å²) in [6, 6.07) is 9.56. The van der Waals surface area contributed by atoms with Gasteiger partial charge in [-0.1, -0.05) is 30.3 Å². The molecular formula is C17H23NO4. The number of likely N-dealkylation sites (N-methyl/N-ethyl adjacent to an activating group) is 1. The largest absolute Gasteiger partial charge is 0.462 e. The van der Waals surface area contributed by atoms with Crippen LogP contribution in [0.3, 0.4) is 0 Å². The zero-order valence-corrected chi connectivity index (χ0v) is 12.8. The van der Waals surface area contributed by atoms with Crippen molar-refractivity contribution in [2.45, 2.75) is 49.5 Å². The molecule has 5 nitrogen and oxygen atoms in total. The van der Waals surface area contributed by atoms with Gasteiger partial charge < -0.3 is 14.9 Å². The van der Waals surface area contributed by atoms with Crippen molar-refractivity contribution < 1.29 is 19.7 Å². The fourth-order valence-electron chi connectivity index (χ4n) is 3.74. The van der Waals surface area contributed by atoms with Gasteiger partial charge >= 0.3 is 5.97 Å². The van der Waals surface area contributed by atoms with Gasteiger partial charge in [-0.2, -0.15) is 0 Å². The van der Waals surface area contributed by atoms with Crippen LogP contribution in [0.25, 0.3) is 0 Å². The lowest BCUT2D eigenvalue weighted by molar-refractivity contribution is -0.155. The summed E-state index contributed by atoms with van der Waals surface area (Å²) in [4.78, 5) is 14.6. The number of carbonyl (C=O) groups excluding carboxylic acids is 1. The fraction of sp³-hybridized carbons (Fsp3) is 0.588. The predicted octanol–water partition coefficient (Wildman–Crippen LogP) is 0.902. The van der Waals surface area contributed by atoms with E-state index in [-0.39, 0.29) is 36.9 Å². The maximum atomic E-state index is 12.4. The Labute approximate surface area is 130 Å². The second-order valence-corrected chi connectivity index (χ2v) is 6.37. The van der Waals surface area contributed by atoms with Crippen LogP contribution >= 0.6 is 0 Å². The number of esters is 1. The maximum absolute atomic E-state index is 12.4. The van der Waals surface area contributed by atoms with Crippen LogP contribution in [0.4, 0.5) is 0 Å². The Morgan fingerprint density at radius 2 is 2.05 bits per heavy atom. The van der Waals surface area contributed by atoms with E-state index >= 15 is 0 Å². The number of aliphatic hydroxyl groups is 2. The number of ether oxygens (including phenoxy) is 1. The summed E-state index contributed by atoms with van der Waals surface area (Å²) < 4.78 is 5.64. The van der Waals surface area contributed by atoms with Gasteiger partial charge in [-0.25, -0.2) is 0 Å². The van der Waals surface area contributed by atoms with E-state index in [4.69, 9.17) is 4.74 Å². The summed E-state index contributed by atoms with van der Waals surface area (Å²) in [5, 5.41) is 19.6. The summed E-state index contributed by atoms with van der Waals surface area (Å²) in [7, 11) is 2.02. The van der Waals surface area contributed by atoms with Crippen molar-refractivity contribution in [2.75, 3.05) is 13.7 Å². The molecule has 2 fully saturated rings. The number of carbonyl (C=O) groups is 1. The molecule has 2 heterocycles. The molecule has 120 valence electrons. The van der Waals surface area contributed by atoms with Crippen molar-refractivity contribution in [3.63, 3.8) is 0 Å². The molecule has 2 aliphatic rings. The summed E-state index contributed by atoms with van der Waals surface area (Å²) in [5.41, 5.74) is 0.769. The molecule has 0 unspecified atom stereocenters. The van der Waals surface area contributed by atoms with Gasteiger partial charge in [-0.05, 0) is 19.0 Å². The molecule has 2 saturated heterocycles. The zero-order chi connectivity index (χ0) is 15.7. The minimum absolute atomic E-state index is 0.0702. The highest BCUT2D eigenvalue weighted by molar-refractivity contribution is 5.78. The molecule has 5 heteroatoms. The van der Waals surface area contributed by atoms with E-state index in [9.17, 15) is 15.0 Å². The van der Waals surface area contributed by atoms with Crippen LogP contribution in [-0.4, -0.2) is 59.0 Å². The molecule has 5 atom stereocenters. The van der Waals surface area contributed by atoms with Crippen molar-refractivity contribution in [1.29, 1.82) is 0 Å². The Morgan fingerprint density at radius 3 is 2.68 bits per heavy atom. The number of hydrogen-bond donors (Lipinski definition) is 2. The first-order chi connectivity index (χ1) is 10.6. The van der Waals surface area contributed by atoms with Crippen molar-refractivity contribution in [3.8, 4) is 0 Å². The smallest absolute Gasteiger partial charge is 0.316 e. The van der Waals surface area contributed by atoms with E-state index in [1.165, 1.54) is 0 Å². The van der Waals surface area contributed by atoms with E-state index in [1.54, 1.807) is 0 Å². The fourth-order valence-corrected chi connectivity index (χ4v) is 3.74. The lowest BCUT2D eigenvalue weighted by atomic mass is 9.98. The van der Waals surface area contributed by atoms with Crippen molar-refractivity contribution >= 4 is 5.97 Å². The van der Waals surface area contributed by atoms with E-state index in [0.717, 1.165) is 18.4 Å². The Morgan fingerprint density at radius 1 is 1.32 bits per heavy atom. The number of aliphatic hydroxyl groups excluding tert-OH is 2. The summed E-state index contributed by atoms with van der Waals surface area (Å²) in [5.74, 6) is -1.01. The Balaban J connectivity index is 1.65.